The van der Waals surface area contributed by atoms with Crippen molar-refractivity contribution < 1.29 is 0 Å². The smallest absolute Gasteiger partial charge is 0.0540 e. The summed E-state index contributed by atoms with van der Waals surface area (Å²) in [5.41, 5.74) is 13.0. The van der Waals surface area contributed by atoms with Crippen molar-refractivity contribution >= 4 is 27.8 Å². The number of para-hydroxylation sites is 2. The number of fused-ring (bicyclic) bond motifs is 1. The van der Waals surface area contributed by atoms with Crippen LogP contribution in [0.1, 0.15) is 0 Å². The van der Waals surface area contributed by atoms with E-state index in [4.69, 9.17) is 0 Å². The first-order valence-corrected chi connectivity index (χ1v) is 16.1. The maximum Gasteiger partial charge on any atom is 0.0540 e. The summed E-state index contributed by atoms with van der Waals surface area (Å²) < 4.78 is 0. The highest BCUT2D eigenvalue weighted by atomic mass is 15.1. The summed E-state index contributed by atoms with van der Waals surface area (Å²) in [7, 11) is 0. The number of nitrogens with zero attached hydrogens (tertiary/aromatic N) is 1. The standard InChI is InChI=1S/C46H33N/c1-3-13-34(14-4-1)35-25-27-36(28-26-35)37-29-31-42(32-30-37)47(41-19-5-2-6-20-41)46-24-10-9-22-45(46)40-18-11-17-39(33-40)44-23-12-16-38-15-7-8-21-43(38)44/h1-33H. The maximum atomic E-state index is 2.36. The number of rotatable bonds is 7. The molecule has 0 aliphatic heterocycles. The van der Waals surface area contributed by atoms with Crippen molar-refractivity contribution in [2.75, 3.05) is 4.90 Å². The maximum absolute atomic E-state index is 2.36. The first-order chi connectivity index (χ1) is 23.3. The molecule has 0 unspecified atom stereocenters. The normalized spacial score (nSPS) is 11.0. The van der Waals surface area contributed by atoms with Crippen molar-refractivity contribution in [1.82, 2.24) is 0 Å². The molecule has 0 amide bonds. The molecule has 8 aromatic rings. The van der Waals surface area contributed by atoms with Gasteiger partial charge in [0, 0.05) is 16.9 Å². The molecular weight excluding hydrogens is 567 g/mol. The lowest BCUT2D eigenvalue weighted by atomic mass is 9.94. The van der Waals surface area contributed by atoms with Gasteiger partial charge in [-0.15, -0.1) is 0 Å². The van der Waals surface area contributed by atoms with Gasteiger partial charge < -0.3 is 4.90 Å². The molecule has 0 atom stereocenters. The minimum atomic E-state index is 1.11. The molecule has 0 saturated carbocycles. The molecule has 0 N–H and O–H groups in total. The second kappa shape index (κ2) is 12.7. The SMILES string of the molecule is c1ccc(-c2ccc(-c3ccc(N(c4ccccc4)c4ccccc4-c4cccc(-c5cccc6ccccc56)c4)cc3)cc2)cc1. The van der Waals surface area contributed by atoms with Gasteiger partial charge in [-0.05, 0) is 86.1 Å². The van der Waals surface area contributed by atoms with Gasteiger partial charge in [0.05, 0.1) is 5.69 Å². The zero-order chi connectivity index (χ0) is 31.4. The van der Waals surface area contributed by atoms with Crippen molar-refractivity contribution in [1.29, 1.82) is 0 Å². The number of anilines is 3. The van der Waals surface area contributed by atoms with Crippen LogP contribution in [0.3, 0.4) is 0 Å². The van der Waals surface area contributed by atoms with E-state index in [1.807, 2.05) is 0 Å². The molecule has 1 nitrogen and oxygen atoms in total. The first kappa shape index (κ1) is 28.3. The molecule has 8 rings (SSSR count). The molecule has 8 aromatic carbocycles. The summed E-state index contributed by atoms with van der Waals surface area (Å²) in [6, 6.07) is 71.8. The highest BCUT2D eigenvalue weighted by Gasteiger charge is 2.17. The fraction of sp³-hybridized carbons (Fsp3) is 0. The lowest BCUT2D eigenvalue weighted by Crippen LogP contribution is -2.11. The Morgan fingerprint density at radius 3 is 1.45 bits per heavy atom. The zero-order valence-corrected chi connectivity index (χ0v) is 26.0. The monoisotopic (exact) mass is 599 g/mol. The van der Waals surface area contributed by atoms with Crippen LogP contribution in [0.5, 0.6) is 0 Å². The molecule has 0 aliphatic rings. The van der Waals surface area contributed by atoms with Gasteiger partial charge in [-0.1, -0.05) is 164 Å². The van der Waals surface area contributed by atoms with Crippen molar-refractivity contribution in [2.24, 2.45) is 0 Å². The Morgan fingerprint density at radius 1 is 0.277 bits per heavy atom. The minimum absolute atomic E-state index is 1.11. The Labute approximate surface area is 276 Å². The predicted molar refractivity (Wildman–Crippen MR) is 200 cm³/mol. The second-order valence-corrected chi connectivity index (χ2v) is 11.8. The van der Waals surface area contributed by atoms with Crippen LogP contribution in [0.25, 0.3) is 55.3 Å². The van der Waals surface area contributed by atoms with Crippen LogP contribution in [0.15, 0.2) is 200 Å². The van der Waals surface area contributed by atoms with Crippen LogP contribution >= 0.6 is 0 Å². The van der Waals surface area contributed by atoms with Crippen LogP contribution in [-0.4, -0.2) is 0 Å². The van der Waals surface area contributed by atoms with Crippen molar-refractivity contribution in [2.45, 2.75) is 0 Å². The van der Waals surface area contributed by atoms with E-state index in [0.717, 1.165) is 17.1 Å². The van der Waals surface area contributed by atoms with Crippen LogP contribution in [0, 0.1) is 0 Å². The minimum Gasteiger partial charge on any atom is -0.310 e. The summed E-state index contributed by atoms with van der Waals surface area (Å²) >= 11 is 0. The molecule has 1 heteroatoms. The van der Waals surface area contributed by atoms with Gasteiger partial charge >= 0.3 is 0 Å². The molecule has 0 saturated heterocycles. The molecule has 0 heterocycles. The Balaban J connectivity index is 1.18. The molecule has 0 bridgehead atoms. The fourth-order valence-electron chi connectivity index (χ4n) is 6.54. The molecule has 222 valence electrons. The van der Waals surface area contributed by atoms with Gasteiger partial charge in [-0.2, -0.15) is 0 Å². The van der Waals surface area contributed by atoms with Gasteiger partial charge in [0.1, 0.15) is 0 Å². The van der Waals surface area contributed by atoms with Crippen LogP contribution in [0.2, 0.25) is 0 Å². The summed E-state index contributed by atoms with van der Waals surface area (Å²) in [5.74, 6) is 0. The van der Waals surface area contributed by atoms with Gasteiger partial charge in [-0.25, -0.2) is 0 Å². The van der Waals surface area contributed by atoms with Gasteiger partial charge in [-0.3, -0.25) is 0 Å². The third-order valence-electron chi connectivity index (χ3n) is 8.88. The second-order valence-electron chi connectivity index (χ2n) is 11.8. The van der Waals surface area contributed by atoms with E-state index in [-0.39, 0.29) is 0 Å². The van der Waals surface area contributed by atoms with Crippen LogP contribution < -0.4 is 4.90 Å². The molecule has 0 fully saturated rings. The molecule has 47 heavy (non-hydrogen) atoms. The Hall–Kier alpha value is -6.18. The summed E-state index contributed by atoms with van der Waals surface area (Å²) in [5, 5.41) is 2.52. The fourth-order valence-corrected chi connectivity index (χ4v) is 6.54. The first-order valence-electron chi connectivity index (χ1n) is 16.1. The Kier molecular flexibility index (Phi) is 7.63. The van der Waals surface area contributed by atoms with E-state index in [2.05, 4.69) is 205 Å². The Morgan fingerprint density at radius 2 is 0.723 bits per heavy atom. The van der Waals surface area contributed by atoms with Crippen LogP contribution in [0.4, 0.5) is 17.1 Å². The molecule has 0 spiro atoms. The topological polar surface area (TPSA) is 3.24 Å². The number of benzene rings is 8. The van der Waals surface area contributed by atoms with Crippen molar-refractivity contribution in [3.8, 4) is 44.5 Å². The molecular formula is C46H33N. The van der Waals surface area contributed by atoms with E-state index in [0.29, 0.717) is 0 Å². The average molecular weight is 600 g/mol. The summed E-state index contributed by atoms with van der Waals surface area (Å²) in [6.07, 6.45) is 0. The molecule has 0 aliphatic carbocycles. The number of hydrogen-bond acceptors (Lipinski definition) is 1. The van der Waals surface area contributed by atoms with Gasteiger partial charge in [0.15, 0.2) is 0 Å². The van der Waals surface area contributed by atoms with E-state index in [1.54, 1.807) is 0 Å². The highest BCUT2D eigenvalue weighted by Crippen LogP contribution is 2.42. The molecule has 0 aromatic heterocycles. The largest absolute Gasteiger partial charge is 0.310 e. The highest BCUT2D eigenvalue weighted by molar-refractivity contribution is 5.98. The molecule has 0 radical (unpaired) electrons. The quantitative estimate of drug-likeness (QED) is 0.176. The zero-order valence-electron chi connectivity index (χ0n) is 26.0. The number of hydrogen-bond donors (Lipinski definition) is 0. The van der Waals surface area contributed by atoms with Crippen molar-refractivity contribution in [3.05, 3.63) is 200 Å². The lowest BCUT2D eigenvalue weighted by Gasteiger charge is -2.28. The van der Waals surface area contributed by atoms with E-state index in [9.17, 15) is 0 Å². The Bertz CT molecular complexity index is 2260. The predicted octanol–water partition coefficient (Wildman–Crippen LogP) is 13.0. The van der Waals surface area contributed by atoms with Gasteiger partial charge in [0.25, 0.3) is 0 Å². The van der Waals surface area contributed by atoms with Crippen LogP contribution in [-0.2, 0) is 0 Å². The van der Waals surface area contributed by atoms with E-state index < -0.39 is 0 Å². The lowest BCUT2D eigenvalue weighted by molar-refractivity contribution is 1.28. The van der Waals surface area contributed by atoms with E-state index in [1.165, 1.54) is 55.3 Å². The summed E-state index contributed by atoms with van der Waals surface area (Å²) in [6.45, 7) is 0. The van der Waals surface area contributed by atoms with Gasteiger partial charge in [0.2, 0.25) is 0 Å². The summed E-state index contributed by atoms with van der Waals surface area (Å²) in [4.78, 5) is 2.36. The van der Waals surface area contributed by atoms with Crippen molar-refractivity contribution in [3.63, 3.8) is 0 Å². The average Bonchev–Trinajstić information content (AvgIpc) is 3.16. The third-order valence-corrected chi connectivity index (χ3v) is 8.88. The van der Waals surface area contributed by atoms with E-state index >= 15 is 0 Å². The third kappa shape index (κ3) is 5.72.